The molecule has 1 aliphatic rings. The molecule has 0 aliphatic heterocycles. The van der Waals surface area contributed by atoms with Gasteiger partial charge in [0.15, 0.2) is 6.61 Å². The summed E-state index contributed by atoms with van der Waals surface area (Å²) in [6.45, 7) is 4.98. The Hall–Kier alpha value is -2.44. The molecule has 0 unspecified atom stereocenters. The van der Waals surface area contributed by atoms with E-state index in [0.29, 0.717) is 11.5 Å². The van der Waals surface area contributed by atoms with Crippen molar-refractivity contribution in [3.63, 3.8) is 0 Å². The maximum absolute atomic E-state index is 11.9. The van der Waals surface area contributed by atoms with Crippen molar-refractivity contribution in [2.75, 3.05) is 11.9 Å². The maximum atomic E-state index is 11.9. The van der Waals surface area contributed by atoms with E-state index in [9.17, 15) is 19.7 Å². The minimum atomic E-state index is -0.585. The van der Waals surface area contributed by atoms with Gasteiger partial charge in [-0.1, -0.05) is 13.0 Å². The summed E-state index contributed by atoms with van der Waals surface area (Å²) >= 11 is 0. The summed E-state index contributed by atoms with van der Waals surface area (Å²) in [4.78, 5) is 33.9. The maximum Gasteiger partial charge on any atom is 0.309 e. The van der Waals surface area contributed by atoms with Gasteiger partial charge in [0.1, 0.15) is 5.69 Å². The number of benzene rings is 1. The first-order valence-corrected chi connectivity index (χ1v) is 7.02. The van der Waals surface area contributed by atoms with Crippen molar-refractivity contribution < 1.29 is 19.2 Å². The van der Waals surface area contributed by atoms with Gasteiger partial charge in [-0.2, -0.15) is 0 Å². The summed E-state index contributed by atoms with van der Waals surface area (Å²) in [5.74, 6) is -0.796. The predicted octanol–water partition coefficient (Wildman–Crippen LogP) is 2.35. The number of nitro groups is 1. The Morgan fingerprint density at radius 1 is 1.41 bits per heavy atom. The van der Waals surface area contributed by atoms with Crippen LogP contribution in [0.3, 0.4) is 0 Å². The minimum Gasteiger partial charge on any atom is -0.455 e. The highest BCUT2D eigenvalue weighted by molar-refractivity contribution is 5.96. The lowest BCUT2D eigenvalue weighted by atomic mass is 10.1. The topological polar surface area (TPSA) is 98.5 Å². The number of hydrogen-bond acceptors (Lipinski definition) is 5. The molecule has 0 heterocycles. The van der Waals surface area contributed by atoms with Crippen LogP contribution in [0.4, 0.5) is 11.4 Å². The third-order valence-electron chi connectivity index (χ3n) is 3.93. The van der Waals surface area contributed by atoms with Gasteiger partial charge in [-0.15, -0.1) is 0 Å². The summed E-state index contributed by atoms with van der Waals surface area (Å²) in [6, 6.07) is 2.97. The number of hydrogen-bond donors (Lipinski definition) is 1. The van der Waals surface area contributed by atoms with Gasteiger partial charge in [-0.05, 0) is 37.3 Å². The zero-order valence-corrected chi connectivity index (χ0v) is 12.7. The molecule has 2 atom stereocenters. The highest BCUT2D eigenvalue weighted by Gasteiger charge is 2.40. The number of nitrogens with zero attached hydrogens (tertiary/aromatic N) is 1. The van der Waals surface area contributed by atoms with Crippen LogP contribution in [0.15, 0.2) is 12.1 Å². The standard InChI is InChI=1S/C15H18N2O5/c1-8-4-5-12(17(20)21)14(10(8)3)16-13(18)7-22-15(19)11-6-9(11)2/h4-5,9,11H,6-7H2,1-3H3,(H,16,18)/t9-,11-/m1/s1. The molecule has 1 fully saturated rings. The van der Waals surface area contributed by atoms with Gasteiger partial charge in [-0.3, -0.25) is 19.7 Å². The predicted molar refractivity (Wildman–Crippen MR) is 79.4 cm³/mol. The van der Waals surface area contributed by atoms with Crippen LogP contribution >= 0.6 is 0 Å². The van der Waals surface area contributed by atoms with Gasteiger partial charge in [0.2, 0.25) is 0 Å². The van der Waals surface area contributed by atoms with Gasteiger partial charge in [0, 0.05) is 6.07 Å². The first-order chi connectivity index (χ1) is 10.3. The molecule has 1 amide bonds. The molecule has 1 saturated carbocycles. The summed E-state index contributed by atoms with van der Waals surface area (Å²) < 4.78 is 4.92. The van der Waals surface area contributed by atoms with Crippen molar-refractivity contribution in [1.29, 1.82) is 0 Å². The van der Waals surface area contributed by atoms with E-state index in [0.717, 1.165) is 12.0 Å². The van der Waals surface area contributed by atoms with Crippen LogP contribution < -0.4 is 5.32 Å². The molecule has 1 aliphatic carbocycles. The average Bonchev–Trinajstić information content (AvgIpc) is 3.18. The monoisotopic (exact) mass is 306 g/mol. The molecule has 0 radical (unpaired) electrons. The van der Waals surface area contributed by atoms with Crippen LogP contribution in [0.1, 0.15) is 24.5 Å². The normalized spacial score (nSPS) is 19.4. The van der Waals surface area contributed by atoms with Crippen molar-refractivity contribution >= 4 is 23.3 Å². The lowest BCUT2D eigenvalue weighted by molar-refractivity contribution is -0.384. The van der Waals surface area contributed by atoms with Crippen LogP contribution in [-0.2, 0) is 14.3 Å². The summed E-state index contributed by atoms with van der Waals surface area (Å²) in [5.41, 5.74) is 1.40. The number of nitrogens with one attached hydrogen (secondary N) is 1. The number of ether oxygens (including phenoxy) is 1. The highest BCUT2D eigenvalue weighted by atomic mass is 16.6. The number of esters is 1. The molecule has 0 saturated heterocycles. The summed E-state index contributed by atoms with van der Waals surface area (Å²) in [5, 5.41) is 13.5. The van der Waals surface area contributed by atoms with Crippen molar-refractivity contribution in [2.45, 2.75) is 27.2 Å². The highest BCUT2D eigenvalue weighted by Crippen LogP contribution is 2.38. The number of nitro benzene ring substituents is 1. The largest absolute Gasteiger partial charge is 0.455 e. The molecule has 1 N–H and O–H groups in total. The van der Waals surface area contributed by atoms with E-state index >= 15 is 0 Å². The number of carbonyl (C=O) groups excluding carboxylic acids is 2. The lowest BCUT2D eigenvalue weighted by Crippen LogP contribution is -2.22. The zero-order chi connectivity index (χ0) is 16.4. The molecule has 118 valence electrons. The number of rotatable bonds is 5. The van der Waals surface area contributed by atoms with Crippen molar-refractivity contribution in [1.82, 2.24) is 0 Å². The molecule has 1 aromatic carbocycles. The summed E-state index contributed by atoms with van der Waals surface area (Å²) in [7, 11) is 0. The average molecular weight is 306 g/mol. The first kappa shape index (κ1) is 15.9. The number of anilines is 1. The molecule has 7 heteroatoms. The van der Waals surface area contributed by atoms with Gasteiger partial charge < -0.3 is 10.1 Å². The van der Waals surface area contributed by atoms with Crippen LogP contribution in [-0.4, -0.2) is 23.4 Å². The van der Waals surface area contributed by atoms with Crippen LogP contribution in [0.5, 0.6) is 0 Å². The van der Waals surface area contributed by atoms with Crippen LogP contribution in [0.25, 0.3) is 0 Å². The molecular formula is C15H18N2O5. The van der Waals surface area contributed by atoms with Gasteiger partial charge in [0.05, 0.1) is 10.8 Å². The smallest absolute Gasteiger partial charge is 0.309 e. The Morgan fingerprint density at radius 2 is 2.05 bits per heavy atom. The second kappa shape index (κ2) is 6.13. The fourth-order valence-corrected chi connectivity index (χ4v) is 2.18. The lowest BCUT2D eigenvalue weighted by Gasteiger charge is -2.11. The van der Waals surface area contributed by atoms with E-state index in [1.54, 1.807) is 19.9 Å². The van der Waals surface area contributed by atoms with E-state index in [1.807, 2.05) is 6.92 Å². The Balaban J connectivity index is 2.03. The second-order valence-electron chi connectivity index (χ2n) is 5.63. The molecule has 0 aromatic heterocycles. The molecular weight excluding hydrogens is 288 g/mol. The van der Waals surface area contributed by atoms with Gasteiger partial charge >= 0.3 is 5.97 Å². The molecule has 7 nitrogen and oxygen atoms in total. The molecule has 2 rings (SSSR count). The van der Waals surface area contributed by atoms with Crippen LogP contribution in [0.2, 0.25) is 0 Å². The Kier molecular flexibility index (Phi) is 4.44. The number of aryl methyl sites for hydroxylation is 1. The Labute approximate surface area is 127 Å². The van der Waals surface area contributed by atoms with E-state index < -0.39 is 23.4 Å². The fourth-order valence-electron chi connectivity index (χ4n) is 2.18. The molecule has 0 bridgehead atoms. The second-order valence-corrected chi connectivity index (χ2v) is 5.63. The number of carbonyl (C=O) groups is 2. The first-order valence-electron chi connectivity index (χ1n) is 7.02. The fraction of sp³-hybridized carbons (Fsp3) is 0.467. The third kappa shape index (κ3) is 3.41. The van der Waals surface area contributed by atoms with Gasteiger partial charge in [0.25, 0.3) is 11.6 Å². The summed E-state index contributed by atoms with van der Waals surface area (Å²) in [6.07, 6.45) is 0.781. The minimum absolute atomic E-state index is 0.122. The van der Waals surface area contributed by atoms with Gasteiger partial charge in [-0.25, -0.2) is 0 Å². The van der Waals surface area contributed by atoms with Crippen molar-refractivity contribution in [3.8, 4) is 0 Å². The van der Waals surface area contributed by atoms with E-state index in [1.165, 1.54) is 6.07 Å². The Morgan fingerprint density at radius 3 is 2.59 bits per heavy atom. The molecule has 0 spiro atoms. The Bertz CT molecular complexity index is 641. The third-order valence-corrected chi connectivity index (χ3v) is 3.93. The zero-order valence-electron chi connectivity index (χ0n) is 12.7. The van der Waals surface area contributed by atoms with E-state index in [2.05, 4.69) is 5.32 Å². The number of amides is 1. The SMILES string of the molecule is Cc1ccc([N+](=O)[O-])c(NC(=O)COC(=O)[C@@H]2C[C@H]2C)c1C. The molecule has 22 heavy (non-hydrogen) atoms. The van der Waals surface area contributed by atoms with E-state index in [-0.39, 0.29) is 17.3 Å². The van der Waals surface area contributed by atoms with E-state index in [4.69, 9.17) is 4.74 Å². The quantitative estimate of drug-likeness (QED) is 0.511. The van der Waals surface area contributed by atoms with Crippen molar-refractivity contribution in [2.24, 2.45) is 11.8 Å². The molecule has 1 aromatic rings. The van der Waals surface area contributed by atoms with Crippen LogP contribution in [0, 0.1) is 35.8 Å². The van der Waals surface area contributed by atoms with Crippen molar-refractivity contribution in [3.05, 3.63) is 33.4 Å².